The van der Waals surface area contributed by atoms with Crippen LogP contribution in [0.5, 0.6) is 0 Å². The van der Waals surface area contributed by atoms with Gasteiger partial charge in [-0.1, -0.05) is 42.5 Å². The zero-order chi connectivity index (χ0) is 18.7. The molecule has 0 bridgehead atoms. The van der Waals surface area contributed by atoms with Gasteiger partial charge in [0.05, 0.1) is 17.8 Å². The maximum absolute atomic E-state index is 12.9. The van der Waals surface area contributed by atoms with E-state index in [1.165, 1.54) is 24.9 Å². The van der Waals surface area contributed by atoms with Crippen molar-refractivity contribution in [2.45, 2.75) is 11.9 Å². The lowest BCUT2D eigenvalue weighted by molar-refractivity contribution is -0.385. The van der Waals surface area contributed by atoms with Crippen molar-refractivity contribution in [3.8, 4) is 0 Å². The number of carbonyl (C=O) groups is 2. The average Bonchev–Trinajstić information content (AvgIpc) is 2.92. The Morgan fingerprint density at radius 3 is 2.62 bits per heavy atom. The van der Waals surface area contributed by atoms with E-state index in [4.69, 9.17) is 0 Å². The van der Waals surface area contributed by atoms with E-state index in [9.17, 15) is 19.7 Å². The van der Waals surface area contributed by atoms with E-state index >= 15 is 0 Å². The lowest BCUT2D eigenvalue weighted by Crippen LogP contribution is -2.27. The van der Waals surface area contributed by atoms with Gasteiger partial charge in [-0.15, -0.1) is 11.8 Å². The summed E-state index contributed by atoms with van der Waals surface area (Å²) in [5.74, 6) is -0.776. The number of ether oxygens (including phenoxy) is 1. The smallest absolute Gasteiger partial charge is 0.315 e. The van der Waals surface area contributed by atoms with Gasteiger partial charge in [0.2, 0.25) is 0 Å². The van der Waals surface area contributed by atoms with Crippen molar-refractivity contribution in [1.29, 1.82) is 0 Å². The number of fused-ring (bicyclic) bond motifs is 1. The summed E-state index contributed by atoms with van der Waals surface area (Å²) in [6.07, 6.45) is 0. The van der Waals surface area contributed by atoms with Gasteiger partial charge in [0.1, 0.15) is 10.9 Å². The van der Waals surface area contributed by atoms with Gasteiger partial charge in [-0.2, -0.15) is 0 Å². The third kappa shape index (κ3) is 3.41. The van der Waals surface area contributed by atoms with Crippen LogP contribution >= 0.6 is 11.8 Å². The maximum Gasteiger partial charge on any atom is 0.315 e. The van der Waals surface area contributed by atoms with Gasteiger partial charge < -0.3 is 9.64 Å². The first-order valence-corrected chi connectivity index (χ1v) is 8.88. The summed E-state index contributed by atoms with van der Waals surface area (Å²) in [4.78, 5) is 36.8. The van der Waals surface area contributed by atoms with Gasteiger partial charge in [0.15, 0.2) is 0 Å². The molecule has 1 unspecified atom stereocenters. The summed E-state index contributed by atoms with van der Waals surface area (Å²) in [5.41, 5.74) is 1.33. The number of hydrogen-bond acceptors (Lipinski definition) is 6. The summed E-state index contributed by atoms with van der Waals surface area (Å²) in [6, 6.07) is 13.9. The predicted molar refractivity (Wildman–Crippen MR) is 96.6 cm³/mol. The first kappa shape index (κ1) is 17.9. The van der Waals surface area contributed by atoms with Crippen molar-refractivity contribution >= 4 is 29.3 Å². The fraction of sp³-hybridized carbons (Fsp3) is 0.222. The fourth-order valence-corrected chi connectivity index (χ4v) is 4.02. The second-order valence-corrected chi connectivity index (χ2v) is 6.73. The van der Waals surface area contributed by atoms with Crippen molar-refractivity contribution < 1.29 is 19.2 Å². The third-order valence-electron chi connectivity index (χ3n) is 4.08. The maximum atomic E-state index is 12.9. The highest BCUT2D eigenvalue weighted by Gasteiger charge is 2.42. The van der Waals surface area contributed by atoms with Crippen molar-refractivity contribution in [2.75, 3.05) is 12.9 Å². The second-order valence-electron chi connectivity index (χ2n) is 5.66. The first-order valence-electron chi connectivity index (χ1n) is 7.83. The van der Waals surface area contributed by atoms with E-state index in [1.54, 1.807) is 17.0 Å². The Balaban J connectivity index is 1.98. The molecule has 1 aliphatic rings. The molecule has 0 N–H and O–H groups in total. The van der Waals surface area contributed by atoms with Gasteiger partial charge in [-0.05, 0) is 5.56 Å². The molecule has 8 heteroatoms. The Kier molecular flexibility index (Phi) is 5.22. The molecule has 0 spiro atoms. The number of nitro benzene ring substituents is 1. The first-order chi connectivity index (χ1) is 12.5. The Morgan fingerprint density at radius 1 is 1.23 bits per heavy atom. The lowest BCUT2D eigenvalue weighted by atomic mass is 10.1. The molecule has 1 aliphatic heterocycles. The van der Waals surface area contributed by atoms with Gasteiger partial charge in [0.25, 0.3) is 11.6 Å². The third-order valence-corrected chi connectivity index (χ3v) is 5.30. The fourth-order valence-electron chi connectivity index (χ4n) is 2.89. The SMILES string of the molecule is COC(=O)CSC1c2cccc([N+](=O)[O-])c2C(=O)N1Cc1ccccc1. The molecule has 134 valence electrons. The van der Waals surface area contributed by atoms with Crippen LogP contribution in [-0.2, 0) is 16.1 Å². The number of carbonyl (C=O) groups excluding carboxylic acids is 2. The molecule has 0 saturated carbocycles. The monoisotopic (exact) mass is 372 g/mol. The van der Waals surface area contributed by atoms with E-state index in [0.29, 0.717) is 12.1 Å². The zero-order valence-corrected chi connectivity index (χ0v) is 14.8. The minimum Gasteiger partial charge on any atom is -0.468 e. The molecule has 0 fully saturated rings. The van der Waals surface area contributed by atoms with Crippen LogP contribution in [0.3, 0.4) is 0 Å². The summed E-state index contributed by atoms with van der Waals surface area (Å²) in [6.45, 7) is 0.296. The number of amides is 1. The lowest BCUT2D eigenvalue weighted by Gasteiger charge is -2.24. The van der Waals surface area contributed by atoms with Crippen molar-refractivity contribution in [2.24, 2.45) is 0 Å². The molecule has 1 atom stereocenters. The molecule has 2 aromatic rings. The number of esters is 1. The van der Waals surface area contributed by atoms with E-state index in [1.807, 2.05) is 30.3 Å². The van der Waals surface area contributed by atoms with Crippen LogP contribution in [0.25, 0.3) is 0 Å². The molecule has 1 amide bonds. The van der Waals surface area contributed by atoms with E-state index in [0.717, 1.165) is 5.56 Å². The number of hydrogen-bond donors (Lipinski definition) is 0. The summed E-state index contributed by atoms with van der Waals surface area (Å²) < 4.78 is 4.67. The Bertz CT molecular complexity index is 856. The minimum atomic E-state index is -0.551. The van der Waals surface area contributed by atoms with Crippen molar-refractivity contribution in [1.82, 2.24) is 4.90 Å². The highest BCUT2D eigenvalue weighted by atomic mass is 32.2. The quantitative estimate of drug-likeness (QED) is 0.440. The molecule has 0 aromatic heterocycles. The van der Waals surface area contributed by atoms with Crippen LogP contribution in [0.4, 0.5) is 5.69 Å². The minimum absolute atomic E-state index is 0.0435. The largest absolute Gasteiger partial charge is 0.468 e. The van der Waals surface area contributed by atoms with Gasteiger partial charge >= 0.3 is 5.97 Å². The number of benzene rings is 2. The molecular weight excluding hydrogens is 356 g/mol. The molecule has 1 heterocycles. The Hall–Kier alpha value is -2.87. The van der Waals surface area contributed by atoms with Crippen LogP contribution in [0, 0.1) is 10.1 Å². The molecule has 0 aliphatic carbocycles. The molecule has 3 rings (SSSR count). The molecule has 0 radical (unpaired) electrons. The Morgan fingerprint density at radius 2 is 1.96 bits per heavy atom. The Labute approximate surface area is 154 Å². The van der Waals surface area contributed by atoms with Crippen molar-refractivity contribution in [3.63, 3.8) is 0 Å². The molecule has 0 saturated heterocycles. The molecule has 7 nitrogen and oxygen atoms in total. The normalized spacial score (nSPS) is 15.7. The molecule has 2 aromatic carbocycles. The van der Waals surface area contributed by atoms with Crippen LogP contribution in [0.2, 0.25) is 0 Å². The number of rotatable bonds is 6. The predicted octanol–water partition coefficient (Wildman–Crippen LogP) is 3.16. The second kappa shape index (κ2) is 7.57. The molecule has 26 heavy (non-hydrogen) atoms. The standard InChI is InChI=1S/C18H16N2O5S/c1-25-15(21)11-26-18-13-8-5-9-14(20(23)24)16(13)17(22)19(18)10-12-6-3-2-4-7-12/h2-9,18H,10-11H2,1H3. The van der Waals surface area contributed by atoms with Crippen molar-refractivity contribution in [3.05, 3.63) is 75.3 Å². The van der Waals surface area contributed by atoms with E-state index in [2.05, 4.69) is 4.74 Å². The highest BCUT2D eigenvalue weighted by molar-refractivity contribution is 8.00. The summed E-state index contributed by atoms with van der Waals surface area (Å²) in [7, 11) is 1.29. The van der Waals surface area contributed by atoms with E-state index in [-0.39, 0.29) is 17.0 Å². The topological polar surface area (TPSA) is 89.7 Å². The zero-order valence-electron chi connectivity index (χ0n) is 14.0. The van der Waals surface area contributed by atoms with E-state index < -0.39 is 22.2 Å². The number of thioether (sulfide) groups is 1. The average molecular weight is 372 g/mol. The highest BCUT2D eigenvalue weighted by Crippen LogP contribution is 2.45. The molecular formula is C18H16N2O5S. The number of methoxy groups -OCH3 is 1. The van der Waals surface area contributed by atoms with Crippen LogP contribution in [-0.4, -0.2) is 34.6 Å². The summed E-state index contributed by atoms with van der Waals surface area (Å²) >= 11 is 1.22. The van der Waals surface area contributed by atoms with Gasteiger partial charge in [-0.25, -0.2) is 0 Å². The van der Waals surface area contributed by atoms with Gasteiger partial charge in [0, 0.05) is 18.2 Å². The number of nitro groups is 1. The number of nitrogens with zero attached hydrogens (tertiary/aromatic N) is 2. The van der Waals surface area contributed by atoms with Crippen LogP contribution in [0.15, 0.2) is 48.5 Å². The van der Waals surface area contributed by atoms with Crippen LogP contribution < -0.4 is 0 Å². The van der Waals surface area contributed by atoms with Crippen LogP contribution in [0.1, 0.15) is 26.9 Å². The summed E-state index contributed by atoms with van der Waals surface area (Å²) in [5, 5.41) is 10.9. The van der Waals surface area contributed by atoms with Gasteiger partial charge in [-0.3, -0.25) is 19.7 Å².